The standard InChI is InChI=1S/C24H48B2O4/c1-10-11-12-13-14-15-16-17-18-19-20(25-27-21(2,3)22(4,5)28-25)26-29-23(6,7)24(8,9)30-26/h20H,10-19H2,1-9H3. The van der Waals surface area contributed by atoms with Crippen LogP contribution in [0.5, 0.6) is 0 Å². The monoisotopic (exact) mass is 422 g/mol. The van der Waals surface area contributed by atoms with Gasteiger partial charge in [-0.2, -0.15) is 0 Å². The molecule has 0 radical (unpaired) electrons. The Hall–Kier alpha value is -0.0301. The molecule has 0 spiro atoms. The Balaban J connectivity index is 1.92. The van der Waals surface area contributed by atoms with Gasteiger partial charge in [-0.3, -0.25) is 0 Å². The fourth-order valence-electron chi connectivity index (χ4n) is 4.22. The quantitative estimate of drug-likeness (QED) is 0.251. The maximum Gasteiger partial charge on any atom is 0.458 e. The molecule has 2 fully saturated rings. The summed E-state index contributed by atoms with van der Waals surface area (Å²) < 4.78 is 25.7. The van der Waals surface area contributed by atoms with Crippen LogP contribution < -0.4 is 0 Å². The summed E-state index contributed by atoms with van der Waals surface area (Å²) >= 11 is 0. The van der Waals surface area contributed by atoms with E-state index in [0.717, 1.165) is 12.8 Å². The van der Waals surface area contributed by atoms with E-state index in [2.05, 4.69) is 62.3 Å². The first kappa shape index (κ1) is 26.2. The van der Waals surface area contributed by atoms with Crippen LogP contribution in [0, 0.1) is 0 Å². The summed E-state index contributed by atoms with van der Waals surface area (Å²) in [6.45, 7) is 19.2. The molecule has 0 amide bonds. The van der Waals surface area contributed by atoms with Gasteiger partial charge in [-0.1, -0.05) is 71.1 Å². The van der Waals surface area contributed by atoms with Crippen molar-refractivity contribution >= 4 is 14.2 Å². The maximum absolute atomic E-state index is 6.43. The largest absolute Gasteiger partial charge is 0.458 e. The minimum Gasteiger partial charge on any atom is -0.403 e. The summed E-state index contributed by atoms with van der Waals surface area (Å²) in [7, 11) is -0.586. The first-order valence-corrected chi connectivity index (χ1v) is 12.5. The van der Waals surface area contributed by atoms with E-state index in [1.54, 1.807) is 0 Å². The molecule has 0 saturated carbocycles. The van der Waals surface area contributed by atoms with Crippen LogP contribution >= 0.6 is 0 Å². The van der Waals surface area contributed by atoms with E-state index < -0.39 is 0 Å². The van der Waals surface area contributed by atoms with Crippen molar-refractivity contribution in [2.24, 2.45) is 0 Å². The van der Waals surface area contributed by atoms with Crippen molar-refractivity contribution in [3.63, 3.8) is 0 Å². The van der Waals surface area contributed by atoms with Gasteiger partial charge in [0, 0.05) is 5.72 Å². The average Bonchev–Trinajstić information content (AvgIpc) is 2.95. The van der Waals surface area contributed by atoms with E-state index in [0.29, 0.717) is 0 Å². The fraction of sp³-hybridized carbons (Fsp3) is 1.00. The van der Waals surface area contributed by atoms with Gasteiger partial charge in [0.1, 0.15) is 0 Å². The van der Waals surface area contributed by atoms with Crippen molar-refractivity contribution in [1.82, 2.24) is 0 Å². The van der Waals surface area contributed by atoms with Gasteiger partial charge in [-0.15, -0.1) is 0 Å². The predicted molar refractivity (Wildman–Crippen MR) is 128 cm³/mol. The lowest BCUT2D eigenvalue weighted by Crippen LogP contribution is -2.41. The Labute approximate surface area is 187 Å². The summed E-state index contributed by atoms with van der Waals surface area (Å²) in [5.41, 5.74) is -1.26. The minimum absolute atomic E-state index is 0.0802. The second kappa shape index (κ2) is 10.3. The predicted octanol–water partition coefficient (Wildman–Crippen LogP) is 7.00. The normalized spacial score (nSPS) is 24.2. The highest BCUT2D eigenvalue weighted by Crippen LogP contribution is 2.46. The van der Waals surface area contributed by atoms with Crippen molar-refractivity contribution in [3.05, 3.63) is 0 Å². The highest BCUT2D eigenvalue weighted by Gasteiger charge is 2.61. The molecule has 30 heavy (non-hydrogen) atoms. The molecular formula is C24H48B2O4. The zero-order chi connectivity index (χ0) is 22.6. The van der Waals surface area contributed by atoms with Crippen LogP contribution in [0.15, 0.2) is 0 Å². The van der Waals surface area contributed by atoms with E-state index in [9.17, 15) is 0 Å². The third-order valence-electron chi connectivity index (χ3n) is 7.88. The van der Waals surface area contributed by atoms with Crippen LogP contribution in [-0.4, -0.2) is 36.6 Å². The molecule has 0 aliphatic carbocycles. The molecule has 0 atom stereocenters. The van der Waals surface area contributed by atoms with E-state index in [-0.39, 0.29) is 42.4 Å². The van der Waals surface area contributed by atoms with Gasteiger partial charge in [-0.25, -0.2) is 0 Å². The van der Waals surface area contributed by atoms with Crippen molar-refractivity contribution < 1.29 is 18.6 Å². The molecule has 2 rings (SSSR count). The van der Waals surface area contributed by atoms with Gasteiger partial charge < -0.3 is 18.6 Å². The van der Waals surface area contributed by atoms with Gasteiger partial charge in [0.25, 0.3) is 0 Å². The second-order valence-electron chi connectivity index (χ2n) is 11.5. The first-order chi connectivity index (χ1) is 13.8. The molecule has 0 aromatic rings. The molecule has 0 N–H and O–H groups in total. The Morgan fingerprint density at radius 3 is 1.13 bits per heavy atom. The summed E-state index contributed by atoms with van der Waals surface area (Å²) in [6, 6.07) is 0. The van der Waals surface area contributed by atoms with E-state index >= 15 is 0 Å². The topological polar surface area (TPSA) is 36.9 Å². The molecule has 0 aromatic heterocycles. The summed E-state index contributed by atoms with van der Waals surface area (Å²) in [4.78, 5) is 0. The molecule has 0 aromatic carbocycles. The number of hydrogen-bond acceptors (Lipinski definition) is 4. The lowest BCUT2D eigenvalue weighted by atomic mass is 9.50. The number of rotatable bonds is 12. The SMILES string of the molecule is CCCCCCCCCCCC(B1OC(C)(C)C(C)(C)O1)B1OC(C)(C)C(C)(C)O1. The van der Waals surface area contributed by atoms with Crippen molar-refractivity contribution in [2.75, 3.05) is 0 Å². The van der Waals surface area contributed by atoms with E-state index in [1.165, 1.54) is 51.4 Å². The van der Waals surface area contributed by atoms with Gasteiger partial charge in [0.15, 0.2) is 0 Å². The number of unbranched alkanes of at least 4 members (excludes halogenated alkanes) is 8. The smallest absolute Gasteiger partial charge is 0.403 e. The Morgan fingerprint density at radius 2 is 0.800 bits per heavy atom. The van der Waals surface area contributed by atoms with Crippen molar-refractivity contribution in [3.8, 4) is 0 Å². The van der Waals surface area contributed by atoms with Crippen molar-refractivity contribution in [2.45, 2.75) is 155 Å². The van der Waals surface area contributed by atoms with E-state index in [1.807, 2.05) is 0 Å². The van der Waals surface area contributed by atoms with Crippen LogP contribution in [-0.2, 0) is 18.6 Å². The zero-order valence-electron chi connectivity index (χ0n) is 21.4. The summed E-state index contributed by atoms with van der Waals surface area (Å²) in [6.07, 6.45) is 12.9. The highest BCUT2D eigenvalue weighted by molar-refractivity contribution is 6.68. The molecule has 0 bridgehead atoms. The average molecular weight is 422 g/mol. The van der Waals surface area contributed by atoms with Gasteiger partial charge in [0.05, 0.1) is 22.4 Å². The number of hydrogen-bond donors (Lipinski definition) is 0. The third-order valence-corrected chi connectivity index (χ3v) is 7.88. The summed E-state index contributed by atoms with van der Waals surface area (Å²) in [5.74, 6) is 0. The molecule has 174 valence electrons. The van der Waals surface area contributed by atoms with Gasteiger partial charge >= 0.3 is 14.2 Å². The molecule has 2 heterocycles. The lowest BCUT2D eigenvalue weighted by Gasteiger charge is -2.32. The first-order valence-electron chi connectivity index (χ1n) is 12.5. The lowest BCUT2D eigenvalue weighted by molar-refractivity contribution is 0.00578. The summed E-state index contributed by atoms with van der Waals surface area (Å²) in [5, 5.41) is 0. The molecule has 6 heteroatoms. The maximum atomic E-state index is 6.43. The van der Waals surface area contributed by atoms with Crippen LogP contribution in [0.4, 0.5) is 0 Å². The van der Waals surface area contributed by atoms with Crippen LogP contribution in [0.3, 0.4) is 0 Å². The molecular weight excluding hydrogens is 374 g/mol. The van der Waals surface area contributed by atoms with Gasteiger partial charge in [-0.05, 0) is 55.4 Å². The van der Waals surface area contributed by atoms with Crippen LogP contribution in [0.1, 0.15) is 127 Å². The Kier molecular flexibility index (Phi) is 8.98. The zero-order valence-corrected chi connectivity index (χ0v) is 21.4. The molecule has 2 aliphatic heterocycles. The highest BCUT2D eigenvalue weighted by atomic mass is 16.7. The fourth-order valence-corrected chi connectivity index (χ4v) is 4.22. The van der Waals surface area contributed by atoms with Crippen LogP contribution in [0.25, 0.3) is 0 Å². The molecule has 2 aliphatic rings. The molecule has 2 saturated heterocycles. The molecule has 0 unspecified atom stereocenters. The van der Waals surface area contributed by atoms with E-state index in [4.69, 9.17) is 18.6 Å². The van der Waals surface area contributed by atoms with Crippen molar-refractivity contribution in [1.29, 1.82) is 0 Å². The third kappa shape index (κ3) is 6.27. The Morgan fingerprint density at radius 1 is 0.500 bits per heavy atom. The second-order valence-corrected chi connectivity index (χ2v) is 11.5. The Bertz CT molecular complexity index is 465. The minimum atomic E-state index is -0.335. The van der Waals surface area contributed by atoms with Crippen LogP contribution in [0.2, 0.25) is 5.72 Å². The van der Waals surface area contributed by atoms with Gasteiger partial charge in [0.2, 0.25) is 0 Å². The molecule has 4 nitrogen and oxygen atoms in total.